The molecule has 144 valence electrons. The van der Waals surface area contributed by atoms with E-state index in [9.17, 15) is 13.2 Å². The van der Waals surface area contributed by atoms with Crippen molar-refractivity contribution in [3.63, 3.8) is 0 Å². The van der Waals surface area contributed by atoms with Crippen LogP contribution in [0.25, 0.3) is 0 Å². The summed E-state index contributed by atoms with van der Waals surface area (Å²) in [6, 6.07) is 11.8. The van der Waals surface area contributed by atoms with Crippen molar-refractivity contribution in [2.75, 3.05) is 17.8 Å². The lowest BCUT2D eigenvalue weighted by molar-refractivity contribution is 0.0761. The third kappa shape index (κ3) is 4.50. The maximum atomic E-state index is 12.7. The van der Waals surface area contributed by atoms with Crippen LogP contribution in [0.4, 0.5) is 5.69 Å². The summed E-state index contributed by atoms with van der Waals surface area (Å²) >= 11 is 0. The summed E-state index contributed by atoms with van der Waals surface area (Å²) in [6.45, 7) is 5.28. The van der Waals surface area contributed by atoms with Gasteiger partial charge in [-0.15, -0.1) is 0 Å². The minimum absolute atomic E-state index is 0.0245. The van der Waals surface area contributed by atoms with Crippen molar-refractivity contribution >= 4 is 21.6 Å². The zero-order chi connectivity index (χ0) is 19.4. The van der Waals surface area contributed by atoms with Crippen molar-refractivity contribution < 1.29 is 13.2 Å². The Kier molecular flexibility index (Phi) is 5.85. The first-order valence-corrected chi connectivity index (χ1v) is 10.9. The molecule has 0 saturated carbocycles. The summed E-state index contributed by atoms with van der Waals surface area (Å²) in [7, 11) is -3.71. The fourth-order valence-corrected chi connectivity index (χ4v) is 4.60. The van der Waals surface area contributed by atoms with Gasteiger partial charge in [0.2, 0.25) is 0 Å². The Labute approximate surface area is 161 Å². The van der Waals surface area contributed by atoms with E-state index in [-0.39, 0.29) is 10.8 Å². The number of anilines is 1. The van der Waals surface area contributed by atoms with Crippen LogP contribution in [-0.2, 0) is 10.0 Å². The second-order valence-corrected chi connectivity index (χ2v) is 8.79. The number of amides is 1. The van der Waals surface area contributed by atoms with Crippen LogP contribution in [-0.4, -0.2) is 32.3 Å². The van der Waals surface area contributed by atoms with Gasteiger partial charge in [0.15, 0.2) is 0 Å². The highest BCUT2D eigenvalue weighted by molar-refractivity contribution is 7.92. The molecule has 6 heteroatoms. The van der Waals surface area contributed by atoms with Gasteiger partial charge in [-0.2, -0.15) is 0 Å². The van der Waals surface area contributed by atoms with Gasteiger partial charge in [-0.1, -0.05) is 31.0 Å². The highest BCUT2D eigenvalue weighted by Crippen LogP contribution is 2.24. The molecule has 0 atom stereocenters. The van der Waals surface area contributed by atoms with Crippen LogP contribution >= 0.6 is 0 Å². The number of sulfonamides is 1. The fourth-order valence-electron chi connectivity index (χ4n) is 3.40. The molecule has 27 heavy (non-hydrogen) atoms. The van der Waals surface area contributed by atoms with Crippen molar-refractivity contribution in [3.8, 4) is 0 Å². The van der Waals surface area contributed by atoms with Gasteiger partial charge in [0.05, 0.1) is 10.6 Å². The third-order valence-corrected chi connectivity index (χ3v) is 6.39. The van der Waals surface area contributed by atoms with Gasteiger partial charge in [0.25, 0.3) is 15.9 Å². The Morgan fingerprint density at radius 3 is 2.00 bits per heavy atom. The molecular formula is C21H26N2O3S. The number of hydrogen-bond acceptors (Lipinski definition) is 3. The number of aryl methyl sites for hydroxylation is 2. The molecule has 2 aromatic carbocycles. The molecule has 1 N–H and O–H groups in total. The highest BCUT2D eigenvalue weighted by atomic mass is 32.2. The number of carbonyl (C=O) groups is 1. The van der Waals surface area contributed by atoms with Gasteiger partial charge >= 0.3 is 0 Å². The Morgan fingerprint density at radius 2 is 1.44 bits per heavy atom. The smallest absolute Gasteiger partial charge is 0.261 e. The Hall–Kier alpha value is -2.34. The number of benzene rings is 2. The first kappa shape index (κ1) is 19.4. The number of likely N-dealkylation sites (tertiary alicyclic amines) is 1. The van der Waals surface area contributed by atoms with Crippen molar-refractivity contribution in [2.45, 2.75) is 44.4 Å². The largest absolute Gasteiger partial charge is 0.339 e. The lowest BCUT2D eigenvalue weighted by Crippen LogP contribution is -2.31. The Morgan fingerprint density at radius 1 is 0.889 bits per heavy atom. The average Bonchev–Trinajstić information content (AvgIpc) is 2.94. The van der Waals surface area contributed by atoms with Gasteiger partial charge in [-0.25, -0.2) is 8.42 Å². The number of nitrogens with one attached hydrogen (secondary N) is 1. The van der Waals surface area contributed by atoms with Crippen molar-refractivity contribution in [1.82, 2.24) is 4.90 Å². The summed E-state index contributed by atoms with van der Waals surface area (Å²) in [5, 5.41) is 0. The maximum absolute atomic E-state index is 12.7. The van der Waals surface area contributed by atoms with E-state index >= 15 is 0 Å². The Balaban J connectivity index is 1.78. The molecule has 1 aliphatic rings. The molecule has 1 fully saturated rings. The van der Waals surface area contributed by atoms with Gasteiger partial charge in [-0.3, -0.25) is 9.52 Å². The van der Waals surface area contributed by atoms with Crippen LogP contribution in [0.2, 0.25) is 0 Å². The summed E-state index contributed by atoms with van der Waals surface area (Å²) in [6.07, 6.45) is 4.37. The fraction of sp³-hybridized carbons (Fsp3) is 0.381. The molecule has 0 unspecified atom stereocenters. The molecule has 0 aliphatic carbocycles. The first-order valence-electron chi connectivity index (χ1n) is 9.37. The van der Waals surface area contributed by atoms with Crippen molar-refractivity contribution in [2.24, 2.45) is 0 Å². The van der Waals surface area contributed by atoms with Crippen LogP contribution in [0.3, 0.4) is 0 Å². The topological polar surface area (TPSA) is 66.5 Å². The van der Waals surface area contributed by atoms with E-state index in [0.717, 1.165) is 49.9 Å². The van der Waals surface area contributed by atoms with E-state index in [1.54, 1.807) is 12.1 Å². The zero-order valence-corrected chi connectivity index (χ0v) is 16.7. The summed E-state index contributed by atoms with van der Waals surface area (Å²) in [4.78, 5) is 14.7. The quantitative estimate of drug-likeness (QED) is 0.859. The number of nitrogens with zero attached hydrogens (tertiary/aromatic N) is 1. The second kappa shape index (κ2) is 8.13. The van der Waals surface area contributed by atoms with E-state index in [1.807, 2.05) is 36.9 Å². The predicted octanol–water partition coefficient (Wildman–Crippen LogP) is 4.12. The normalized spacial score (nSPS) is 15.3. The molecule has 0 spiro atoms. The molecule has 1 aliphatic heterocycles. The standard InChI is InChI=1S/C21H26N2O3S/c1-16-8-7-9-17(2)20(16)22-27(25,26)19-12-10-18(11-13-19)21(24)23-14-5-3-4-6-15-23/h7-13,22H,3-6,14-15H2,1-2H3. The number of rotatable bonds is 4. The van der Waals surface area contributed by atoms with Crippen molar-refractivity contribution in [3.05, 3.63) is 59.2 Å². The SMILES string of the molecule is Cc1cccc(C)c1NS(=O)(=O)c1ccc(C(=O)N2CCCCCC2)cc1. The second-order valence-electron chi connectivity index (χ2n) is 7.10. The van der Waals surface area contributed by atoms with Crippen LogP contribution in [0.1, 0.15) is 47.2 Å². The average molecular weight is 387 g/mol. The number of hydrogen-bond donors (Lipinski definition) is 1. The predicted molar refractivity (Wildman–Crippen MR) is 108 cm³/mol. The summed E-state index contributed by atoms with van der Waals surface area (Å²) in [5.41, 5.74) is 2.86. The summed E-state index contributed by atoms with van der Waals surface area (Å²) in [5.74, 6) is -0.0245. The first-order chi connectivity index (χ1) is 12.9. The van der Waals surface area contributed by atoms with E-state index in [1.165, 1.54) is 12.1 Å². The molecule has 1 saturated heterocycles. The lowest BCUT2D eigenvalue weighted by Gasteiger charge is -2.20. The molecular weight excluding hydrogens is 360 g/mol. The lowest BCUT2D eigenvalue weighted by atomic mass is 10.1. The molecule has 0 radical (unpaired) electrons. The van der Waals surface area contributed by atoms with E-state index < -0.39 is 10.0 Å². The summed E-state index contributed by atoms with van der Waals surface area (Å²) < 4.78 is 28.1. The maximum Gasteiger partial charge on any atom is 0.261 e. The number of carbonyl (C=O) groups excluding carboxylic acids is 1. The van der Waals surface area contributed by atoms with Crippen molar-refractivity contribution in [1.29, 1.82) is 0 Å². The molecule has 2 aromatic rings. The van der Waals surface area contributed by atoms with E-state index in [2.05, 4.69) is 4.72 Å². The molecule has 1 heterocycles. The molecule has 3 rings (SSSR count). The zero-order valence-electron chi connectivity index (χ0n) is 15.9. The molecule has 0 bridgehead atoms. The third-order valence-electron chi connectivity index (χ3n) is 5.02. The van der Waals surface area contributed by atoms with E-state index in [4.69, 9.17) is 0 Å². The Bertz CT molecular complexity index is 893. The minimum Gasteiger partial charge on any atom is -0.339 e. The highest BCUT2D eigenvalue weighted by Gasteiger charge is 2.20. The van der Waals surface area contributed by atoms with E-state index in [0.29, 0.717) is 11.3 Å². The van der Waals surface area contributed by atoms with Gasteiger partial charge in [0, 0.05) is 18.7 Å². The van der Waals surface area contributed by atoms with Gasteiger partial charge < -0.3 is 4.90 Å². The molecule has 1 amide bonds. The molecule has 5 nitrogen and oxygen atoms in total. The van der Waals surface area contributed by atoms with Crippen LogP contribution in [0.15, 0.2) is 47.4 Å². The van der Waals surface area contributed by atoms with Gasteiger partial charge in [0.1, 0.15) is 0 Å². The monoisotopic (exact) mass is 386 g/mol. The van der Waals surface area contributed by atoms with Crippen LogP contribution < -0.4 is 4.72 Å². The minimum atomic E-state index is -3.71. The number of para-hydroxylation sites is 1. The molecule has 0 aromatic heterocycles. The van der Waals surface area contributed by atoms with Crippen LogP contribution in [0.5, 0.6) is 0 Å². The van der Waals surface area contributed by atoms with Crippen LogP contribution in [0, 0.1) is 13.8 Å². The van der Waals surface area contributed by atoms with Gasteiger partial charge in [-0.05, 0) is 62.1 Å².